The molecule has 5 nitrogen and oxygen atoms in total. The lowest BCUT2D eigenvalue weighted by molar-refractivity contribution is 0.0787. The van der Waals surface area contributed by atoms with Crippen LogP contribution >= 0.6 is 0 Å². The normalized spacial score (nSPS) is 21.4. The maximum atomic E-state index is 12.2. The van der Waals surface area contributed by atoms with Gasteiger partial charge in [-0.1, -0.05) is 0 Å². The van der Waals surface area contributed by atoms with E-state index in [1.165, 1.54) is 0 Å². The fourth-order valence-electron chi connectivity index (χ4n) is 2.87. The highest BCUT2D eigenvalue weighted by atomic mass is 16.2. The van der Waals surface area contributed by atoms with E-state index in [4.69, 9.17) is 0 Å². The zero-order chi connectivity index (χ0) is 12.4. The van der Waals surface area contributed by atoms with Crippen LogP contribution in [0, 0.1) is 0 Å². The summed E-state index contributed by atoms with van der Waals surface area (Å²) in [6.45, 7) is 3.88. The van der Waals surface area contributed by atoms with Crippen LogP contribution in [0.1, 0.15) is 47.8 Å². The Morgan fingerprint density at radius 3 is 2.72 bits per heavy atom. The number of hydrogen-bond acceptors (Lipinski definition) is 3. The van der Waals surface area contributed by atoms with Crippen molar-refractivity contribution in [3.8, 4) is 0 Å². The lowest BCUT2D eigenvalue weighted by Gasteiger charge is -2.20. The summed E-state index contributed by atoms with van der Waals surface area (Å²) in [5.41, 5.74) is 1.71. The van der Waals surface area contributed by atoms with E-state index in [0.717, 1.165) is 57.6 Å². The number of likely N-dealkylation sites (tertiary alicyclic amines) is 1. The van der Waals surface area contributed by atoms with Gasteiger partial charge in [-0.2, -0.15) is 5.10 Å². The summed E-state index contributed by atoms with van der Waals surface area (Å²) in [5.74, 6) is 0.614. The van der Waals surface area contributed by atoms with Gasteiger partial charge in [-0.05, 0) is 44.8 Å². The standard InChI is InChI=1S/C13H20N4O/c18-13(17-7-1-2-8-17)12-9-11(15-16-12)10-3-5-14-6-4-10/h9-10,14H,1-8H2,(H,15,16). The van der Waals surface area contributed by atoms with E-state index >= 15 is 0 Å². The quantitative estimate of drug-likeness (QED) is 0.824. The second kappa shape index (κ2) is 5.10. The number of carbonyl (C=O) groups excluding carboxylic acids is 1. The van der Waals surface area contributed by atoms with Gasteiger partial charge in [0.15, 0.2) is 0 Å². The van der Waals surface area contributed by atoms with Gasteiger partial charge in [0.1, 0.15) is 5.69 Å². The van der Waals surface area contributed by atoms with E-state index in [-0.39, 0.29) is 5.91 Å². The molecule has 0 spiro atoms. The Hall–Kier alpha value is -1.36. The minimum atomic E-state index is 0.0870. The summed E-state index contributed by atoms with van der Waals surface area (Å²) < 4.78 is 0. The molecular weight excluding hydrogens is 228 g/mol. The minimum Gasteiger partial charge on any atom is -0.337 e. The fourth-order valence-corrected chi connectivity index (χ4v) is 2.87. The number of H-pyrrole nitrogens is 1. The van der Waals surface area contributed by atoms with Gasteiger partial charge in [-0.25, -0.2) is 0 Å². The first-order valence-electron chi connectivity index (χ1n) is 6.90. The van der Waals surface area contributed by atoms with Crippen molar-refractivity contribution in [2.24, 2.45) is 0 Å². The zero-order valence-corrected chi connectivity index (χ0v) is 10.6. The highest BCUT2D eigenvalue weighted by molar-refractivity contribution is 5.92. The number of aromatic amines is 1. The molecule has 18 heavy (non-hydrogen) atoms. The summed E-state index contributed by atoms with van der Waals surface area (Å²) >= 11 is 0. The molecule has 0 radical (unpaired) electrons. The molecular formula is C13H20N4O. The summed E-state index contributed by atoms with van der Waals surface area (Å²) in [6, 6.07) is 1.96. The number of nitrogens with zero attached hydrogens (tertiary/aromatic N) is 2. The smallest absolute Gasteiger partial charge is 0.274 e. The zero-order valence-electron chi connectivity index (χ0n) is 10.6. The molecule has 0 aliphatic carbocycles. The number of rotatable bonds is 2. The van der Waals surface area contributed by atoms with Gasteiger partial charge in [-0.3, -0.25) is 9.89 Å². The molecule has 3 heterocycles. The average molecular weight is 248 g/mol. The van der Waals surface area contributed by atoms with Crippen LogP contribution in [0.15, 0.2) is 6.07 Å². The molecule has 0 atom stereocenters. The third-order valence-corrected chi connectivity index (χ3v) is 3.99. The van der Waals surface area contributed by atoms with Gasteiger partial charge in [0.25, 0.3) is 5.91 Å². The summed E-state index contributed by atoms with van der Waals surface area (Å²) in [7, 11) is 0. The summed E-state index contributed by atoms with van der Waals surface area (Å²) in [6.07, 6.45) is 4.49. The number of aromatic nitrogens is 2. The van der Waals surface area contributed by atoms with Crippen LogP contribution in [0.2, 0.25) is 0 Å². The molecule has 1 aromatic rings. The molecule has 98 valence electrons. The number of piperidine rings is 1. The van der Waals surface area contributed by atoms with Crippen LogP contribution in [0.5, 0.6) is 0 Å². The van der Waals surface area contributed by atoms with E-state index in [2.05, 4.69) is 15.5 Å². The molecule has 0 bridgehead atoms. The van der Waals surface area contributed by atoms with Crippen molar-refractivity contribution >= 4 is 5.91 Å². The fraction of sp³-hybridized carbons (Fsp3) is 0.692. The molecule has 2 aliphatic rings. The summed E-state index contributed by atoms with van der Waals surface area (Å²) in [5, 5.41) is 10.6. The lowest BCUT2D eigenvalue weighted by Crippen LogP contribution is -2.28. The Labute approximate surface area is 107 Å². The van der Waals surface area contributed by atoms with E-state index < -0.39 is 0 Å². The monoisotopic (exact) mass is 248 g/mol. The third-order valence-electron chi connectivity index (χ3n) is 3.99. The van der Waals surface area contributed by atoms with Crippen molar-refractivity contribution in [1.29, 1.82) is 0 Å². The predicted octanol–water partition coefficient (Wildman–Crippen LogP) is 1.11. The van der Waals surface area contributed by atoms with E-state index in [1.54, 1.807) is 0 Å². The van der Waals surface area contributed by atoms with Crippen LogP contribution in [-0.2, 0) is 0 Å². The van der Waals surface area contributed by atoms with Crippen LogP contribution in [0.25, 0.3) is 0 Å². The molecule has 5 heteroatoms. The number of carbonyl (C=O) groups is 1. The Morgan fingerprint density at radius 1 is 1.28 bits per heavy atom. The second-order valence-corrected chi connectivity index (χ2v) is 5.23. The molecule has 2 N–H and O–H groups in total. The lowest BCUT2D eigenvalue weighted by atomic mass is 9.94. The highest BCUT2D eigenvalue weighted by Gasteiger charge is 2.24. The van der Waals surface area contributed by atoms with Gasteiger partial charge >= 0.3 is 0 Å². The predicted molar refractivity (Wildman–Crippen MR) is 68.6 cm³/mol. The minimum absolute atomic E-state index is 0.0870. The largest absolute Gasteiger partial charge is 0.337 e. The first-order valence-corrected chi connectivity index (χ1v) is 6.90. The maximum absolute atomic E-state index is 12.2. The van der Waals surface area contributed by atoms with Crippen LogP contribution in [0.4, 0.5) is 0 Å². The molecule has 2 saturated heterocycles. The number of nitrogens with one attached hydrogen (secondary N) is 2. The Bertz CT molecular complexity index is 416. The molecule has 1 aromatic heterocycles. The average Bonchev–Trinajstić information content (AvgIpc) is 3.10. The Balaban J connectivity index is 1.70. The van der Waals surface area contributed by atoms with Crippen LogP contribution < -0.4 is 5.32 Å². The molecule has 0 aromatic carbocycles. The molecule has 2 aliphatic heterocycles. The number of amides is 1. The van der Waals surface area contributed by atoms with Crippen LogP contribution in [0.3, 0.4) is 0 Å². The SMILES string of the molecule is O=C(c1cc(C2CCNCC2)[nH]n1)N1CCCC1. The van der Waals surface area contributed by atoms with Gasteiger partial charge in [0.05, 0.1) is 0 Å². The van der Waals surface area contributed by atoms with Crippen molar-refractivity contribution in [1.82, 2.24) is 20.4 Å². The molecule has 0 unspecified atom stereocenters. The van der Waals surface area contributed by atoms with Crippen molar-refractivity contribution in [3.05, 3.63) is 17.5 Å². The molecule has 2 fully saturated rings. The van der Waals surface area contributed by atoms with Crippen molar-refractivity contribution in [3.63, 3.8) is 0 Å². The highest BCUT2D eigenvalue weighted by Crippen LogP contribution is 2.24. The van der Waals surface area contributed by atoms with Crippen molar-refractivity contribution in [2.75, 3.05) is 26.2 Å². The molecule has 1 amide bonds. The van der Waals surface area contributed by atoms with Crippen molar-refractivity contribution < 1.29 is 4.79 Å². The van der Waals surface area contributed by atoms with E-state index in [0.29, 0.717) is 11.6 Å². The molecule has 0 saturated carbocycles. The van der Waals surface area contributed by atoms with Gasteiger partial charge in [0, 0.05) is 24.7 Å². The van der Waals surface area contributed by atoms with Gasteiger partial charge in [0.2, 0.25) is 0 Å². The first kappa shape index (κ1) is 11.7. The number of hydrogen-bond donors (Lipinski definition) is 2. The van der Waals surface area contributed by atoms with Gasteiger partial charge in [-0.15, -0.1) is 0 Å². The Kier molecular flexibility index (Phi) is 3.32. The van der Waals surface area contributed by atoms with Crippen LogP contribution in [-0.4, -0.2) is 47.2 Å². The topological polar surface area (TPSA) is 61.0 Å². The first-order chi connectivity index (χ1) is 8.84. The summed E-state index contributed by atoms with van der Waals surface area (Å²) in [4.78, 5) is 14.1. The molecule has 3 rings (SSSR count). The van der Waals surface area contributed by atoms with Crippen molar-refractivity contribution in [2.45, 2.75) is 31.6 Å². The van der Waals surface area contributed by atoms with Gasteiger partial charge < -0.3 is 10.2 Å². The van der Waals surface area contributed by atoms with E-state index in [1.807, 2.05) is 11.0 Å². The third kappa shape index (κ3) is 2.27. The second-order valence-electron chi connectivity index (χ2n) is 5.23. The van der Waals surface area contributed by atoms with E-state index in [9.17, 15) is 4.79 Å². The Morgan fingerprint density at radius 2 is 2.00 bits per heavy atom. The maximum Gasteiger partial charge on any atom is 0.274 e.